The fourth-order valence-electron chi connectivity index (χ4n) is 2.02. The summed E-state index contributed by atoms with van der Waals surface area (Å²) in [6.45, 7) is 3.92. The third-order valence-corrected chi connectivity index (χ3v) is 3.07. The van der Waals surface area contributed by atoms with Gasteiger partial charge in [-0.3, -0.25) is 0 Å². The molecule has 0 aliphatic carbocycles. The molecule has 0 bridgehead atoms. The van der Waals surface area contributed by atoms with E-state index in [0.717, 1.165) is 5.69 Å². The summed E-state index contributed by atoms with van der Waals surface area (Å²) in [5.41, 5.74) is 0.574. The molecule has 1 aromatic carbocycles. The lowest BCUT2D eigenvalue weighted by Gasteiger charge is -2.27. The molecule has 106 valence electrons. The molecule has 2 amide bonds. The van der Waals surface area contributed by atoms with Crippen LogP contribution in [0.2, 0.25) is 0 Å². The summed E-state index contributed by atoms with van der Waals surface area (Å²) in [6, 6.07) is 9.82. The molecule has 0 saturated heterocycles. The Morgan fingerprint density at radius 2 is 2.00 bits per heavy atom. The van der Waals surface area contributed by atoms with Crippen molar-refractivity contribution < 1.29 is 9.18 Å². The predicted molar refractivity (Wildman–Crippen MR) is 75.6 cm³/mol. The Kier molecular flexibility index (Phi) is 4.08. The number of benzene rings is 1. The summed E-state index contributed by atoms with van der Waals surface area (Å²) >= 11 is 0. The van der Waals surface area contributed by atoms with E-state index in [-0.39, 0.29) is 11.8 Å². The minimum atomic E-state index is -0.787. The third kappa shape index (κ3) is 3.38. The molecule has 1 heterocycles. The van der Waals surface area contributed by atoms with E-state index in [2.05, 4.69) is 15.6 Å². The molecule has 0 radical (unpaired) electrons. The highest BCUT2D eigenvalue weighted by atomic mass is 19.1. The minimum Gasteiger partial charge on any atom is -0.364 e. The first kappa shape index (κ1) is 14.1. The summed E-state index contributed by atoms with van der Waals surface area (Å²) in [7, 11) is 0. The summed E-state index contributed by atoms with van der Waals surface area (Å²) in [5, 5.41) is 5.50. The third-order valence-electron chi connectivity index (χ3n) is 3.07. The normalized spacial score (nSPS) is 11.2. The van der Waals surface area contributed by atoms with Crippen LogP contribution >= 0.6 is 0 Å². The van der Waals surface area contributed by atoms with Crippen LogP contribution in [0.5, 0.6) is 0 Å². The Balaban J connectivity index is 1.97. The number of carbonyl (C=O) groups is 1. The van der Waals surface area contributed by atoms with Crippen LogP contribution in [-0.2, 0) is 12.1 Å². The average Bonchev–Trinajstić information content (AvgIpc) is 2.89. The van der Waals surface area contributed by atoms with Crippen molar-refractivity contribution >= 4 is 6.03 Å². The lowest BCUT2D eigenvalue weighted by atomic mass is 9.94. The molecule has 3 N–H and O–H groups in total. The van der Waals surface area contributed by atoms with E-state index < -0.39 is 5.54 Å². The van der Waals surface area contributed by atoms with Crippen molar-refractivity contribution in [1.29, 1.82) is 0 Å². The van der Waals surface area contributed by atoms with Gasteiger partial charge in [-0.2, -0.15) is 0 Å². The van der Waals surface area contributed by atoms with Crippen LogP contribution in [0.15, 0.2) is 42.6 Å². The molecule has 1 aromatic heterocycles. The van der Waals surface area contributed by atoms with Crippen LogP contribution < -0.4 is 10.6 Å². The maximum absolute atomic E-state index is 13.8. The van der Waals surface area contributed by atoms with Gasteiger partial charge in [-0.25, -0.2) is 9.18 Å². The summed E-state index contributed by atoms with van der Waals surface area (Å²) in [4.78, 5) is 14.9. The summed E-state index contributed by atoms with van der Waals surface area (Å²) in [6.07, 6.45) is 1.79. The SMILES string of the molecule is CC(C)(NC(=O)NCc1ccc[nH]1)c1ccccc1F. The Hall–Kier alpha value is -2.30. The molecule has 5 heteroatoms. The standard InChI is InChI=1S/C15H18FN3O/c1-15(2,12-7-3-4-8-13(12)16)19-14(20)18-10-11-6-5-9-17-11/h3-9,17H,10H2,1-2H3,(H2,18,19,20). The van der Waals surface area contributed by atoms with Gasteiger partial charge >= 0.3 is 6.03 Å². The molecule has 0 fully saturated rings. The van der Waals surface area contributed by atoms with Gasteiger partial charge < -0.3 is 15.6 Å². The van der Waals surface area contributed by atoms with Gasteiger partial charge in [-0.05, 0) is 32.0 Å². The lowest BCUT2D eigenvalue weighted by Crippen LogP contribution is -2.46. The maximum atomic E-state index is 13.8. The van der Waals surface area contributed by atoms with Gasteiger partial charge in [-0.15, -0.1) is 0 Å². The number of nitrogens with one attached hydrogen (secondary N) is 3. The van der Waals surface area contributed by atoms with Crippen LogP contribution in [0.1, 0.15) is 25.1 Å². The molecular formula is C15H18FN3O. The van der Waals surface area contributed by atoms with Crippen LogP contribution in [0.4, 0.5) is 9.18 Å². The van der Waals surface area contributed by atoms with Crippen molar-refractivity contribution in [2.24, 2.45) is 0 Å². The largest absolute Gasteiger partial charge is 0.364 e. The monoisotopic (exact) mass is 275 g/mol. The number of H-pyrrole nitrogens is 1. The van der Waals surface area contributed by atoms with E-state index in [0.29, 0.717) is 12.1 Å². The Labute approximate surface area is 117 Å². The number of urea groups is 1. The molecule has 0 unspecified atom stereocenters. The molecule has 0 atom stereocenters. The zero-order valence-electron chi connectivity index (χ0n) is 11.5. The van der Waals surface area contributed by atoms with Crippen LogP contribution in [0, 0.1) is 5.82 Å². The van der Waals surface area contributed by atoms with Crippen LogP contribution in [0.3, 0.4) is 0 Å². The van der Waals surface area contributed by atoms with Gasteiger partial charge in [0.15, 0.2) is 0 Å². The smallest absolute Gasteiger partial charge is 0.315 e. The zero-order valence-corrected chi connectivity index (χ0v) is 11.5. The van der Waals surface area contributed by atoms with Crippen LogP contribution in [-0.4, -0.2) is 11.0 Å². The summed E-state index contributed by atoms with van der Waals surface area (Å²) < 4.78 is 13.8. The molecular weight excluding hydrogens is 257 g/mol. The first-order valence-corrected chi connectivity index (χ1v) is 6.42. The van der Waals surface area contributed by atoms with Crippen LogP contribution in [0.25, 0.3) is 0 Å². The Bertz CT molecular complexity index is 579. The molecule has 0 saturated carbocycles. The number of carbonyl (C=O) groups excluding carboxylic acids is 1. The van der Waals surface area contributed by atoms with Crippen molar-refractivity contribution in [2.45, 2.75) is 25.9 Å². The minimum absolute atomic E-state index is 0.331. The topological polar surface area (TPSA) is 56.9 Å². The molecule has 0 spiro atoms. The second-order valence-corrected chi connectivity index (χ2v) is 5.11. The van der Waals surface area contributed by atoms with E-state index in [4.69, 9.17) is 0 Å². The average molecular weight is 275 g/mol. The van der Waals surface area contributed by atoms with Gasteiger partial charge in [0.05, 0.1) is 12.1 Å². The number of hydrogen-bond donors (Lipinski definition) is 3. The molecule has 20 heavy (non-hydrogen) atoms. The lowest BCUT2D eigenvalue weighted by molar-refractivity contribution is 0.229. The molecule has 2 aromatic rings. The highest BCUT2D eigenvalue weighted by Crippen LogP contribution is 2.22. The molecule has 4 nitrogen and oxygen atoms in total. The number of rotatable bonds is 4. The highest BCUT2D eigenvalue weighted by Gasteiger charge is 2.25. The van der Waals surface area contributed by atoms with Gasteiger partial charge in [-0.1, -0.05) is 18.2 Å². The second-order valence-electron chi connectivity index (χ2n) is 5.11. The number of halogens is 1. The number of aromatic nitrogens is 1. The van der Waals surface area contributed by atoms with Crippen molar-refractivity contribution in [3.8, 4) is 0 Å². The fraction of sp³-hybridized carbons (Fsp3) is 0.267. The summed E-state index contributed by atoms with van der Waals surface area (Å²) in [5.74, 6) is -0.331. The number of amides is 2. The Morgan fingerprint density at radius 1 is 1.25 bits per heavy atom. The van der Waals surface area contributed by atoms with Crippen molar-refractivity contribution in [3.05, 3.63) is 59.7 Å². The van der Waals surface area contributed by atoms with Gasteiger partial charge in [0.25, 0.3) is 0 Å². The van der Waals surface area contributed by atoms with E-state index in [1.165, 1.54) is 6.07 Å². The number of aromatic amines is 1. The van der Waals surface area contributed by atoms with Crippen molar-refractivity contribution in [3.63, 3.8) is 0 Å². The van der Waals surface area contributed by atoms with Crippen molar-refractivity contribution in [2.75, 3.05) is 0 Å². The van der Waals surface area contributed by atoms with Crippen molar-refractivity contribution in [1.82, 2.24) is 15.6 Å². The Morgan fingerprint density at radius 3 is 2.65 bits per heavy atom. The quantitative estimate of drug-likeness (QED) is 0.789. The van der Waals surface area contributed by atoms with Gasteiger partial charge in [0, 0.05) is 17.5 Å². The van der Waals surface area contributed by atoms with E-state index in [9.17, 15) is 9.18 Å². The maximum Gasteiger partial charge on any atom is 0.315 e. The highest BCUT2D eigenvalue weighted by molar-refractivity contribution is 5.74. The molecule has 0 aliphatic rings. The molecule has 2 rings (SSSR count). The second kappa shape index (κ2) is 5.77. The van der Waals surface area contributed by atoms with Gasteiger partial charge in [0.1, 0.15) is 5.82 Å². The van der Waals surface area contributed by atoms with E-state index in [1.54, 1.807) is 38.2 Å². The van der Waals surface area contributed by atoms with Gasteiger partial charge in [0.2, 0.25) is 0 Å². The number of hydrogen-bond acceptors (Lipinski definition) is 1. The molecule has 0 aliphatic heterocycles. The zero-order chi connectivity index (χ0) is 14.6. The predicted octanol–water partition coefficient (Wildman–Crippen LogP) is 2.89. The fourth-order valence-corrected chi connectivity index (χ4v) is 2.02. The van der Waals surface area contributed by atoms with E-state index >= 15 is 0 Å². The first-order chi connectivity index (χ1) is 9.49. The first-order valence-electron chi connectivity index (χ1n) is 6.42. The van der Waals surface area contributed by atoms with E-state index in [1.807, 2.05) is 12.1 Å².